The van der Waals surface area contributed by atoms with Crippen LogP contribution in [0.4, 0.5) is 0 Å². The minimum atomic E-state index is -1.33. The standard InChI is InChI=1S/C29H27N3OS/c30-16-29(17-31)24(23-6-3-9-34-23)25(32-8-7-21-4-1-2-5-22(21)26(29)32)27(33)28-13-18-10-19(14-28)12-20(11-18)15-28/h1-9,18-20,24-26H,10-15H2/t18?,19?,20?,24-,25+,26-,28?/m0/s1. The van der Waals surface area contributed by atoms with Crippen LogP contribution in [-0.2, 0) is 4.79 Å². The van der Waals surface area contributed by atoms with Gasteiger partial charge in [0.1, 0.15) is 0 Å². The molecule has 3 heterocycles. The highest BCUT2D eigenvalue weighted by Crippen LogP contribution is 2.65. The molecule has 4 nitrogen and oxygen atoms in total. The molecule has 2 aromatic rings. The third-order valence-electron chi connectivity index (χ3n) is 9.62. The normalized spacial score (nSPS) is 38.1. The first-order valence-electron chi connectivity index (χ1n) is 12.5. The quantitative estimate of drug-likeness (QED) is 0.552. The first-order valence-corrected chi connectivity index (χ1v) is 13.4. The molecule has 6 aliphatic rings. The van der Waals surface area contributed by atoms with Gasteiger partial charge in [-0.2, -0.15) is 10.5 Å². The third kappa shape index (κ3) is 2.54. The van der Waals surface area contributed by atoms with Gasteiger partial charge in [-0.3, -0.25) is 4.79 Å². The van der Waals surface area contributed by atoms with Gasteiger partial charge in [-0.1, -0.05) is 30.3 Å². The van der Waals surface area contributed by atoms with E-state index in [1.54, 1.807) is 11.3 Å². The number of benzene rings is 1. The van der Waals surface area contributed by atoms with E-state index in [1.165, 1.54) is 19.3 Å². The Hall–Kier alpha value is -2.89. The summed E-state index contributed by atoms with van der Waals surface area (Å²) in [7, 11) is 0. The minimum absolute atomic E-state index is 0.286. The number of hydrogen-bond donors (Lipinski definition) is 0. The highest BCUT2D eigenvalue weighted by Gasteiger charge is 2.67. The van der Waals surface area contributed by atoms with Crippen molar-refractivity contribution in [1.82, 2.24) is 4.90 Å². The maximum Gasteiger partial charge on any atom is 0.178 e. The second kappa shape index (κ2) is 7.06. The minimum Gasteiger partial charge on any atom is -0.357 e. The van der Waals surface area contributed by atoms with Crippen LogP contribution in [0.3, 0.4) is 0 Å². The van der Waals surface area contributed by atoms with E-state index in [4.69, 9.17) is 0 Å². The smallest absolute Gasteiger partial charge is 0.178 e. The zero-order chi connectivity index (χ0) is 23.1. The van der Waals surface area contributed by atoms with Crippen molar-refractivity contribution in [2.45, 2.75) is 56.5 Å². The van der Waals surface area contributed by atoms with E-state index < -0.39 is 23.4 Å². The van der Waals surface area contributed by atoms with Crippen molar-refractivity contribution in [3.05, 3.63) is 64.0 Å². The molecule has 3 atom stereocenters. The van der Waals surface area contributed by atoms with E-state index in [1.807, 2.05) is 48.0 Å². The lowest BCUT2D eigenvalue weighted by Crippen LogP contribution is -2.55. The molecule has 8 rings (SSSR count). The molecule has 170 valence electrons. The number of rotatable bonds is 3. The fourth-order valence-electron chi connectivity index (χ4n) is 8.80. The van der Waals surface area contributed by atoms with Crippen LogP contribution in [-0.4, -0.2) is 16.7 Å². The monoisotopic (exact) mass is 465 g/mol. The van der Waals surface area contributed by atoms with Gasteiger partial charge in [0.05, 0.1) is 30.1 Å². The van der Waals surface area contributed by atoms with E-state index in [9.17, 15) is 15.3 Å². The Morgan fingerprint density at radius 2 is 1.65 bits per heavy atom. The largest absolute Gasteiger partial charge is 0.357 e. The molecular weight excluding hydrogens is 438 g/mol. The van der Waals surface area contributed by atoms with Gasteiger partial charge in [-0.15, -0.1) is 11.3 Å². The average Bonchev–Trinajstić information content (AvgIpc) is 3.47. The molecule has 4 aliphatic carbocycles. The molecule has 34 heavy (non-hydrogen) atoms. The highest BCUT2D eigenvalue weighted by atomic mass is 32.1. The summed E-state index contributed by atoms with van der Waals surface area (Å²) in [4.78, 5) is 17.9. The van der Waals surface area contributed by atoms with Crippen LogP contribution in [0.25, 0.3) is 6.08 Å². The van der Waals surface area contributed by atoms with E-state index >= 15 is 0 Å². The Morgan fingerprint density at radius 3 is 2.26 bits per heavy atom. The second-order valence-electron chi connectivity index (χ2n) is 11.4. The van der Waals surface area contributed by atoms with Crippen molar-refractivity contribution < 1.29 is 4.79 Å². The van der Waals surface area contributed by atoms with Gasteiger partial charge in [0, 0.05) is 16.5 Å². The zero-order valence-corrected chi connectivity index (χ0v) is 19.9. The topological polar surface area (TPSA) is 67.9 Å². The van der Waals surface area contributed by atoms with Crippen molar-refractivity contribution in [3.8, 4) is 12.1 Å². The molecule has 0 radical (unpaired) electrons. The van der Waals surface area contributed by atoms with E-state index in [0.717, 1.165) is 35.3 Å². The number of nitrogens with zero attached hydrogens (tertiary/aromatic N) is 3. The Labute approximate surface area is 204 Å². The maximum absolute atomic E-state index is 14.8. The highest BCUT2D eigenvalue weighted by molar-refractivity contribution is 7.10. The number of thiophene rings is 1. The van der Waals surface area contributed by atoms with Gasteiger partial charge in [0.25, 0.3) is 0 Å². The van der Waals surface area contributed by atoms with Gasteiger partial charge in [0.2, 0.25) is 0 Å². The lowest BCUT2D eigenvalue weighted by molar-refractivity contribution is -0.148. The Bertz CT molecular complexity index is 1230. The fourth-order valence-corrected chi connectivity index (χ4v) is 9.73. The van der Waals surface area contributed by atoms with E-state index in [0.29, 0.717) is 23.5 Å². The molecule has 1 saturated heterocycles. The summed E-state index contributed by atoms with van der Waals surface area (Å²) < 4.78 is 0. The average molecular weight is 466 g/mol. The Kier molecular flexibility index (Phi) is 4.25. The predicted octanol–water partition coefficient (Wildman–Crippen LogP) is 6.06. The lowest BCUT2D eigenvalue weighted by atomic mass is 9.47. The second-order valence-corrected chi connectivity index (χ2v) is 12.4. The van der Waals surface area contributed by atoms with E-state index in [-0.39, 0.29) is 5.41 Å². The van der Waals surface area contributed by atoms with Crippen molar-refractivity contribution in [2.24, 2.45) is 28.6 Å². The van der Waals surface area contributed by atoms with E-state index in [2.05, 4.69) is 23.1 Å². The number of fused-ring (bicyclic) bond motifs is 3. The molecule has 4 saturated carbocycles. The molecule has 1 aromatic carbocycles. The lowest BCUT2D eigenvalue weighted by Gasteiger charge is -2.57. The van der Waals surface area contributed by atoms with Crippen LogP contribution in [0, 0.1) is 51.2 Å². The number of hydrogen-bond acceptors (Lipinski definition) is 5. The summed E-state index contributed by atoms with van der Waals surface area (Å²) in [5.74, 6) is 1.85. The SMILES string of the molecule is N#CC1(C#N)[C@@H]2c3ccccc3C=CN2[C@@H](C(=O)C23CC4CC(CC(C4)C2)C3)[C@@H]1c1cccs1. The van der Waals surface area contributed by atoms with Crippen LogP contribution in [0.1, 0.15) is 66.5 Å². The molecule has 1 aromatic heterocycles. The van der Waals surface area contributed by atoms with Crippen LogP contribution in [0.5, 0.6) is 0 Å². The summed E-state index contributed by atoms with van der Waals surface area (Å²) >= 11 is 1.57. The summed E-state index contributed by atoms with van der Waals surface area (Å²) in [5, 5.41) is 23.3. The van der Waals surface area contributed by atoms with Crippen molar-refractivity contribution in [3.63, 3.8) is 0 Å². The molecule has 0 spiro atoms. The maximum atomic E-state index is 14.8. The Balaban J connectivity index is 1.42. The van der Waals surface area contributed by atoms with Crippen molar-refractivity contribution >= 4 is 23.2 Å². The number of carbonyl (C=O) groups excluding carboxylic acids is 1. The number of nitriles is 2. The number of ketones is 1. The molecular formula is C29H27N3OS. The van der Waals surface area contributed by atoms with Crippen LogP contribution >= 0.6 is 11.3 Å². The summed E-state index contributed by atoms with van der Waals surface area (Å²) in [6.07, 6.45) is 10.9. The molecule has 2 aliphatic heterocycles. The van der Waals surface area contributed by atoms with Gasteiger partial charge in [0.15, 0.2) is 11.2 Å². The Morgan fingerprint density at radius 1 is 0.971 bits per heavy atom. The predicted molar refractivity (Wildman–Crippen MR) is 130 cm³/mol. The van der Waals surface area contributed by atoms with Crippen molar-refractivity contribution in [2.75, 3.05) is 0 Å². The molecule has 0 unspecified atom stereocenters. The summed E-state index contributed by atoms with van der Waals surface area (Å²) in [6.45, 7) is 0. The zero-order valence-electron chi connectivity index (χ0n) is 19.1. The first-order chi connectivity index (χ1) is 16.6. The van der Waals surface area contributed by atoms with Crippen LogP contribution in [0.2, 0.25) is 0 Å². The van der Waals surface area contributed by atoms with Gasteiger partial charge in [-0.25, -0.2) is 0 Å². The van der Waals surface area contributed by atoms with Crippen molar-refractivity contribution in [1.29, 1.82) is 10.5 Å². The van der Waals surface area contributed by atoms with Gasteiger partial charge in [-0.05, 0) is 84.9 Å². The molecule has 0 amide bonds. The molecule has 4 bridgehead atoms. The van der Waals surface area contributed by atoms with Crippen LogP contribution in [0.15, 0.2) is 48.0 Å². The fraction of sp³-hybridized carbons (Fsp3) is 0.483. The summed E-state index contributed by atoms with van der Waals surface area (Å²) in [6, 6.07) is 16.1. The number of carbonyl (C=O) groups is 1. The number of Topliss-reactive ketones (excluding diaryl/α,β-unsaturated/α-hetero) is 1. The first kappa shape index (κ1) is 20.5. The summed E-state index contributed by atoms with van der Waals surface area (Å²) in [5.41, 5.74) is 0.404. The molecule has 0 N–H and O–H groups in total. The van der Waals surface area contributed by atoms with Crippen LogP contribution < -0.4 is 0 Å². The van der Waals surface area contributed by atoms with Gasteiger partial charge < -0.3 is 4.90 Å². The molecule has 5 fully saturated rings. The third-order valence-corrected chi connectivity index (χ3v) is 10.6. The van der Waals surface area contributed by atoms with Gasteiger partial charge >= 0.3 is 0 Å². The molecule has 5 heteroatoms.